The predicted octanol–water partition coefficient (Wildman–Crippen LogP) is 5.54. The molecule has 0 unspecified atom stereocenters. The lowest BCUT2D eigenvalue weighted by molar-refractivity contribution is -0.274. The van der Waals surface area contributed by atoms with Gasteiger partial charge in [0, 0.05) is 24.0 Å². The Morgan fingerprint density at radius 1 is 1.05 bits per heavy atom. The largest absolute Gasteiger partial charge is 0.573 e. The van der Waals surface area contributed by atoms with Crippen LogP contribution in [0.4, 0.5) is 19.0 Å². The van der Waals surface area contributed by atoms with Gasteiger partial charge in [-0.05, 0) is 87.8 Å². The van der Waals surface area contributed by atoms with Gasteiger partial charge in [-0.1, -0.05) is 17.6 Å². The van der Waals surface area contributed by atoms with Crippen molar-refractivity contribution in [1.82, 2.24) is 29.8 Å². The summed E-state index contributed by atoms with van der Waals surface area (Å²) in [5.74, 6) is 0.978. The van der Waals surface area contributed by atoms with E-state index in [-0.39, 0.29) is 17.5 Å². The zero-order valence-corrected chi connectivity index (χ0v) is 21.6. The number of halogens is 3. The molecule has 0 aliphatic carbocycles. The second kappa shape index (κ2) is 11.9. The van der Waals surface area contributed by atoms with Crippen LogP contribution in [0.1, 0.15) is 36.9 Å². The maximum absolute atomic E-state index is 12.4. The zero-order valence-electron chi connectivity index (χ0n) is 21.6. The lowest BCUT2D eigenvalue weighted by Gasteiger charge is -2.26. The highest BCUT2D eigenvalue weighted by Crippen LogP contribution is 2.27. The van der Waals surface area contributed by atoms with Crippen molar-refractivity contribution in [2.24, 2.45) is 0 Å². The number of pyridine rings is 1. The maximum Gasteiger partial charge on any atom is 0.573 e. The first-order valence-corrected chi connectivity index (χ1v) is 13.0. The van der Waals surface area contributed by atoms with Crippen LogP contribution in [-0.4, -0.2) is 62.3 Å². The molecule has 12 heteroatoms. The summed E-state index contributed by atoms with van der Waals surface area (Å²) in [6, 6.07) is 11.1. The van der Waals surface area contributed by atoms with Crippen molar-refractivity contribution in [3.8, 4) is 28.7 Å². The van der Waals surface area contributed by atoms with Crippen LogP contribution in [-0.2, 0) is 6.54 Å². The van der Waals surface area contributed by atoms with E-state index in [0.717, 1.165) is 36.6 Å². The van der Waals surface area contributed by atoms with Gasteiger partial charge in [-0.15, -0.1) is 13.2 Å². The fraction of sp³-hybridized carbons (Fsp3) is 0.407. The second-order valence-electron chi connectivity index (χ2n) is 9.56. The number of ether oxygens (including phenoxy) is 1. The van der Waals surface area contributed by atoms with E-state index in [2.05, 4.69) is 35.2 Å². The Morgan fingerprint density at radius 3 is 2.56 bits per heavy atom. The normalized spacial score (nSPS) is 14.5. The van der Waals surface area contributed by atoms with Gasteiger partial charge in [0.2, 0.25) is 5.82 Å². The van der Waals surface area contributed by atoms with E-state index in [1.807, 2.05) is 36.0 Å². The van der Waals surface area contributed by atoms with E-state index >= 15 is 0 Å². The number of piperidine rings is 1. The average Bonchev–Trinajstić information content (AvgIpc) is 3.55. The molecule has 206 valence electrons. The number of alkyl halides is 3. The van der Waals surface area contributed by atoms with Gasteiger partial charge in [-0.2, -0.15) is 10.1 Å². The van der Waals surface area contributed by atoms with Crippen molar-refractivity contribution in [2.45, 2.75) is 45.5 Å². The van der Waals surface area contributed by atoms with E-state index < -0.39 is 6.36 Å². The summed E-state index contributed by atoms with van der Waals surface area (Å²) in [7, 11) is 0. The molecule has 0 saturated carbocycles. The minimum atomic E-state index is -4.75. The molecule has 1 N–H and O–H groups in total. The Kier molecular flexibility index (Phi) is 8.10. The molecule has 0 amide bonds. The molecule has 0 bridgehead atoms. The van der Waals surface area contributed by atoms with Crippen molar-refractivity contribution >= 4 is 5.82 Å². The summed E-state index contributed by atoms with van der Waals surface area (Å²) in [5.41, 5.74) is 2.89. The first-order valence-electron chi connectivity index (χ1n) is 13.0. The number of anilines is 1. The third-order valence-corrected chi connectivity index (χ3v) is 6.54. The predicted molar refractivity (Wildman–Crippen MR) is 139 cm³/mol. The second-order valence-corrected chi connectivity index (χ2v) is 9.56. The number of rotatable bonds is 10. The van der Waals surface area contributed by atoms with Crippen LogP contribution >= 0.6 is 0 Å². The molecule has 0 atom stereocenters. The minimum absolute atomic E-state index is 0.213. The number of aromatic nitrogens is 5. The van der Waals surface area contributed by atoms with Crippen LogP contribution in [0.2, 0.25) is 0 Å². The van der Waals surface area contributed by atoms with Crippen molar-refractivity contribution in [2.75, 3.05) is 31.5 Å². The van der Waals surface area contributed by atoms with Crippen LogP contribution in [0.5, 0.6) is 5.75 Å². The molecule has 5 rings (SSSR count). The summed E-state index contributed by atoms with van der Waals surface area (Å²) >= 11 is 0. The van der Waals surface area contributed by atoms with Crippen LogP contribution in [0.3, 0.4) is 0 Å². The van der Waals surface area contributed by atoms with Crippen LogP contribution in [0.25, 0.3) is 23.0 Å². The van der Waals surface area contributed by atoms with E-state index in [9.17, 15) is 13.2 Å². The maximum atomic E-state index is 12.4. The third kappa shape index (κ3) is 7.34. The molecule has 9 nitrogen and oxygen atoms in total. The monoisotopic (exact) mass is 541 g/mol. The fourth-order valence-electron chi connectivity index (χ4n) is 4.52. The highest BCUT2D eigenvalue weighted by Gasteiger charge is 2.31. The summed E-state index contributed by atoms with van der Waals surface area (Å²) in [6.07, 6.45) is 2.15. The van der Waals surface area contributed by atoms with Crippen LogP contribution < -0.4 is 10.1 Å². The quantitative estimate of drug-likeness (QED) is 0.262. The Balaban J connectivity index is 1.15. The molecule has 0 radical (unpaired) electrons. The molecule has 1 aliphatic heterocycles. The molecule has 0 spiro atoms. The van der Waals surface area contributed by atoms with Gasteiger partial charge in [0.1, 0.15) is 11.6 Å². The summed E-state index contributed by atoms with van der Waals surface area (Å²) in [6.45, 7) is 6.90. The van der Waals surface area contributed by atoms with E-state index in [4.69, 9.17) is 4.52 Å². The summed E-state index contributed by atoms with van der Waals surface area (Å²) in [5, 5.41) is 11.9. The topological polar surface area (TPSA) is 94.1 Å². The molecule has 1 aromatic carbocycles. The molecule has 1 aliphatic rings. The van der Waals surface area contributed by atoms with Gasteiger partial charge in [-0.3, -0.25) is 4.68 Å². The molecule has 1 fully saturated rings. The molecule has 1 saturated heterocycles. The molecular formula is C27H30F3N7O2. The van der Waals surface area contributed by atoms with E-state index in [1.54, 1.807) is 0 Å². The van der Waals surface area contributed by atoms with E-state index in [0.29, 0.717) is 17.8 Å². The number of likely N-dealkylation sites (tertiary alicyclic amines) is 1. The standard InChI is InChI=1S/C27H30F3N7O2/c1-19-16-23(26-33-25(35-39-26)21-7-9-22(10-8-21)38-27(28,29)30)34-37(19)18-20-6-11-24(32-17-20)31-12-5-15-36-13-3-2-4-14-36/h6-11,16-17H,2-5,12-15,18H2,1H3,(H,31,32). The highest BCUT2D eigenvalue weighted by atomic mass is 19.4. The molecule has 3 aromatic heterocycles. The van der Waals surface area contributed by atoms with Crippen molar-refractivity contribution in [1.29, 1.82) is 0 Å². The number of nitrogens with zero attached hydrogens (tertiary/aromatic N) is 6. The van der Waals surface area contributed by atoms with Gasteiger partial charge in [0.05, 0.1) is 6.54 Å². The van der Waals surface area contributed by atoms with Crippen LogP contribution in [0.15, 0.2) is 53.2 Å². The van der Waals surface area contributed by atoms with Crippen molar-refractivity contribution in [3.63, 3.8) is 0 Å². The Bertz CT molecular complexity index is 1350. The van der Waals surface area contributed by atoms with Gasteiger partial charge < -0.3 is 19.5 Å². The van der Waals surface area contributed by atoms with Crippen LogP contribution in [0, 0.1) is 6.92 Å². The average molecular weight is 542 g/mol. The molecule has 4 heterocycles. The van der Waals surface area contributed by atoms with Gasteiger partial charge in [0.25, 0.3) is 5.89 Å². The molecule has 4 aromatic rings. The third-order valence-electron chi connectivity index (χ3n) is 6.54. The Labute approximate surface area is 224 Å². The smallest absolute Gasteiger partial charge is 0.406 e. The lowest BCUT2D eigenvalue weighted by atomic mass is 10.1. The number of nitrogens with one attached hydrogen (secondary N) is 1. The van der Waals surface area contributed by atoms with E-state index in [1.165, 1.54) is 56.6 Å². The fourth-order valence-corrected chi connectivity index (χ4v) is 4.52. The number of hydrogen-bond donors (Lipinski definition) is 1. The molecule has 39 heavy (non-hydrogen) atoms. The number of hydrogen-bond acceptors (Lipinski definition) is 8. The van der Waals surface area contributed by atoms with Gasteiger partial charge in [0.15, 0.2) is 5.69 Å². The Hall–Kier alpha value is -3.93. The number of benzene rings is 1. The van der Waals surface area contributed by atoms with Gasteiger partial charge in [-0.25, -0.2) is 4.98 Å². The first kappa shape index (κ1) is 26.7. The first-order chi connectivity index (χ1) is 18.8. The SMILES string of the molecule is Cc1cc(-c2nc(-c3ccc(OC(F)(F)F)cc3)no2)nn1Cc1ccc(NCCCN2CCCCC2)nc1. The minimum Gasteiger partial charge on any atom is -0.406 e. The van der Waals surface area contributed by atoms with Crippen molar-refractivity contribution < 1.29 is 22.4 Å². The van der Waals surface area contributed by atoms with Gasteiger partial charge >= 0.3 is 6.36 Å². The number of aryl methyl sites for hydroxylation is 1. The van der Waals surface area contributed by atoms with Crippen molar-refractivity contribution in [3.05, 3.63) is 59.9 Å². The lowest BCUT2D eigenvalue weighted by Crippen LogP contribution is -2.31. The zero-order chi connectivity index (χ0) is 27.2. The Morgan fingerprint density at radius 2 is 1.85 bits per heavy atom. The summed E-state index contributed by atoms with van der Waals surface area (Å²) in [4.78, 5) is 11.4. The summed E-state index contributed by atoms with van der Waals surface area (Å²) < 4.78 is 48.2. The highest BCUT2D eigenvalue weighted by molar-refractivity contribution is 5.59. The molecular weight excluding hydrogens is 511 g/mol.